The van der Waals surface area contributed by atoms with Gasteiger partial charge in [0.05, 0.1) is 11.9 Å². The molecule has 0 unspecified atom stereocenters. The van der Waals surface area contributed by atoms with Crippen LogP contribution in [0.5, 0.6) is 5.75 Å². The van der Waals surface area contributed by atoms with Crippen LogP contribution in [-0.4, -0.2) is 42.7 Å². The molecule has 30 heavy (non-hydrogen) atoms. The maximum Gasteiger partial charge on any atom is 0.236 e. The molecule has 2 heterocycles. The van der Waals surface area contributed by atoms with Crippen molar-refractivity contribution in [2.24, 2.45) is 0 Å². The Bertz CT molecular complexity index is 981. The van der Waals surface area contributed by atoms with Crippen molar-refractivity contribution in [2.45, 2.75) is 43.5 Å². The second kappa shape index (κ2) is 9.86. The lowest BCUT2D eigenvalue weighted by molar-refractivity contribution is -0.113. The number of rotatable bonds is 9. The third-order valence-electron chi connectivity index (χ3n) is 4.68. The van der Waals surface area contributed by atoms with Crippen LogP contribution >= 0.6 is 23.1 Å². The number of anilines is 1. The molecule has 1 amide bonds. The van der Waals surface area contributed by atoms with E-state index in [1.807, 2.05) is 28.8 Å². The molecule has 8 nitrogen and oxygen atoms in total. The number of aromatic nitrogens is 5. The van der Waals surface area contributed by atoms with Gasteiger partial charge in [-0.2, -0.15) is 0 Å². The standard InChI is InChI=1S/C20H22N6O2S2/c1-2-11-26-18(14-7-9-16(10-8-14)28-15-5-3-4-6-15)23-25-20(26)29-12-17(27)22-19-24-21-13-30-19/h2,7-10,13,15H,1,3-6,11-12H2,(H,22,24,27). The first-order valence-electron chi connectivity index (χ1n) is 9.73. The molecule has 1 N–H and O–H groups in total. The topological polar surface area (TPSA) is 94.8 Å². The van der Waals surface area contributed by atoms with Crippen molar-refractivity contribution in [2.75, 3.05) is 11.1 Å². The van der Waals surface area contributed by atoms with Crippen LogP contribution in [0.2, 0.25) is 0 Å². The number of benzene rings is 1. The summed E-state index contributed by atoms with van der Waals surface area (Å²) in [5.41, 5.74) is 2.51. The van der Waals surface area contributed by atoms with Gasteiger partial charge in [0.25, 0.3) is 0 Å². The molecule has 0 radical (unpaired) electrons. The third kappa shape index (κ3) is 5.06. The van der Waals surface area contributed by atoms with Gasteiger partial charge in [0, 0.05) is 12.1 Å². The van der Waals surface area contributed by atoms with E-state index >= 15 is 0 Å². The Morgan fingerprint density at radius 2 is 2.07 bits per heavy atom. The molecule has 0 spiro atoms. The van der Waals surface area contributed by atoms with E-state index in [1.165, 1.54) is 35.9 Å². The lowest BCUT2D eigenvalue weighted by Gasteiger charge is -2.13. The molecule has 0 bridgehead atoms. The number of allylic oxidation sites excluding steroid dienone is 1. The average Bonchev–Trinajstić information content (AvgIpc) is 3.51. The van der Waals surface area contributed by atoms with E-state index < -0.39 is 0 Å². The summed E-state index contributed by atoms with van der Waals surface area (Å²) >= 11 is 2.59. The van der Waals surface area contributed by atoms with Gasteiger partial charge >= 0.3 is 0 Å². The minimum atomic E-state index is -0.167. The quantitative estimate of drug-likeness (QED) is 0.395. The molecule has 1 aliphatic rings. The summed E-state index contributed by atoms with van der Waals surface area (Å²) in [6, 6.07) is 7.93. The molecule has 0 atom stereocenters. The maximum absolute atomic E-state index is 12.1. The number of hydrogen-bond acceptors (Lipinski definition) is 8. The Morgan fingerprint density at radius 1 is 1.27 bits per heavy atom. The normalized spacial score (nSPS) is 14.0. The second-order valence-corrected chi connectivity index (χ2v) is 8.61. The fourth-order valence-electron chi connectivity index (χ4n) is 3.30. The van der Waals surface area contributed by atoms with Gasteiger partial charge in [-0.15, -0.1) is 27.0 Å². The zero-order chi connectivity index (χ0) is 20.8. The average molecular weight is 443 g/mol. The summed E-state index contributed by atoms with van der Waals surface area (Å²) in [7, 11) is 0. The zero-order valence-corrected chi connectivity index (χ0v) is 18.0. The summed E-state index contributed by atoms with van der Waals surface area (Å²) in [6.45, 7) is 4.37. The fourth-order valence-corrected chi connectivity index (χ4v) is 4.51. The SMILES string of the molecule is C=CCn1c(SCC(=O)Nc2nncs2)nnc1-c1ccc(OC2CCCC2)cc1. The van der Waals surface area contributed by atoms with E-state index in [1.54, 1.807) is 11.6 Å². The third-order valence-corrected chi connectivity index (χ3v) is 6.26. The van der Waals surface area contributed by atoms with E-state index in [4.69, 9.17) is 4.74 Å². The van der Waals surface area contributed by atoms with E-state index in [-0.39, 0.29) is 11.7 Å². The van der Waals surface area contributed by atoms with Crippen LogP contribution in [0.15, 0.2) is 47.6 Å². The van der Waals surface area contributed by atoms with E-state index in [0.29, 0.717) is 22.9 Å². The van der Waals surface area contributed by atoms with Crippen LogP contribution in [0.25, 0.3) is 11.4 Å². The lowest BCUT2D eigenvalue weighted by atomic mass is 10.2. The minimum Gasteiger partial charge on any atom is -0.490 e. The second-order valence-electron chi connectivity index (χ2n) is 6.83. The number of ether oxygens (including phenoxy) is 1. The number of amides is 1. The van der Waals surface area contributed by atoms with Gasteiger partial charge in [0.2, 0.25) is 11.0 Å². The van der Waals surface area contributed by atoms with Gasteiger partial charge in [0.15, 0.2) is 11.0 Å². The van der Waals surface area contributed by atoms with Crippen molar-refractivity contribution >= 4 is 34.1 Å². The highest BCUT2D eigenvalue weighted by molar-refractivity contribution is 7.99. The molecule has 1 aliphatic carbocycles. The molecule has 1 aromatic carbocycles. The van der Waals surface area contributed by atoms with E-state index in [0.717, 1.165) is 30.0 Å². The molecule has 0 aliphatic heterocycles. The minimum absolute atomic E-state index is 0.167. The smallest absolute Gasteiger partial charge is 0.236 e. The largest absolute Gasteiger partial charge is 0.490 e. The summed E-state index contributed by atoms with van der Waals surface area (Å²) in [6.07, 6.45) is 6.86. The van der Waals surface area contributed by atoms with Gasteiger partial charge in [-0.3, -0.25) is 14.7 Å². The number of nitrogens with one attached hydrogen (secondary N) is 1. The molecule has 3 aromatic rings. The first-order chi connectivity index (χ1) is 14.7. The number of carbonyl (C=O) groups excluding carboxylic acids is 1. The molecule has 4 rings (SSSR count). The summed E-state index contributed by atoms with van der Waals surface area (Å²) < 4.78 is 7.99. The number of hydrogen-bond donors (Lipinski definition) is 1. The number of thioether (sulfide) groups is 1. The van der Waals surface area contributed by atoms with Crippen LogP contribution in [0.3, 0.4) is 0 Å². The lowest BCUT2D eigenvalue weighted by Crippen LogP contribution is -2.14. The van der Waals surface area contributed by atoms with Crippen LogP contribution in [-0.2, 0) is 11.3 Å². The Kier molecular flexibility index (Phi) is 6.75. The van der Waals surface area contributed by atoms with Crippen molar-refractivity contribution in [1.29, 1.82) is 0 Å². The Morgan fingerprint density at radius 3 is 2.77 bits per heavy atom. The number of carbonyl (C=O) groups is 1. The van der Waals surface area contributed by atoms with Gasteiger partial charge < -0.3 is 4.74 Å². The molecule has 1 saturated carbocycles. The van der Waals surface area contributed by atoms with Crippen molar-refractivity contribution < 1.29 is 9.53 Å². The predicted octanol–water partition coefficient (Wildman–Crippen LogP) is 4.03. The Labute approximate surface area is 182 Å². The summed E-state index contributed by atoms with van der Waals surface area (Å²) in [5, 5.41) is 20.0. The van der Waals surface area contributed by atoms with Crippen LogP contribution in [0.1, 0.15) is 25.7 Å². The van der Waals surface area contributed by atoms with Gasteiger partial charge in [-0.1, -0.05) is 29.2 Å². The Hall–Kier alpha value is -2.72. The maximum atomic E-state index is 12.1. The van der Waals surface area contributed by atoms with Crippen LogP contribution < -0.4 is 10.1 Å². The van der Waals surface area contributed by atoms with Gasteiger partial charge in [-0.25, -0.2) is 0 Å². The molecular formula is C20H22N6O2S2. The molecule has 0 saturated heterocycles. The molecule has 1 fully saturated rings. The number of nitrogens with zero attached hydrogens (tertiary/aromatic N) is 5. The molecular weight excluding hydrogens is 420 g/mol. The van der Waals surface area contributed by atoms with Crippen molar-refractivity contribution in [3.8, 4) is 17.1 Å². The first kappa shape index (κ1) is 20.5. The monoisotopic (exact) mass is 442 g/mol. The first-order valence-corrected chi connectivity index (χ1v) is 11.6. The highest BCUT2D eigenvalue weighted by Crippen LogP contribution is 2.28. The summed E-state index contributed by atoms with van der Waals surface area (Å²) in [4.78, 5) is 12.1. The van der Waals surface area contributed by atoms with Crippen LogP contribution in [0.4, 0.5) is 5.13 Å². The molecule has 10 heteroatoms. The Balaban J connectivity index is 1.43. The van der Waals surface area contributed by atoms with Crippen molar-refractivity contribution in [1.82, 2.24) is 25.0 Å². The molecule has 156 valence electrons. The summed E-state index contributed by atoms with van der Waals surface area (Å²) in [5.74, 6) is 1.64. The van der Waals surface area contributed by atoms with Gasteiger partial charge in [-0.05, 0) is 49.9 Å². The molecule has 2 aromatic heterocycles. The fraction of sp³-hybridized carbons (Fsp3) is 0.350. The van der Waals surface area contributed by atoms with Crippen LogP contribution in [0, 0.1) is 0 Å². The highest BCUT2D eigenvalue weighted by Gasteiger charge is 2.18. The van der Waals surface area contributed by atoms with Gasteiger partial charge in [0.1, 0.15) is 11.3 Å². The highest BCUT2D eigenvalue weighted by atomic mass is 32.2. The van der Waals surface area contributed by atoms with E-state index in [2.05, 4.69) is 32.3 Å². The van der Waals surface area contributed by atoms with Crippen molar-refractivity contribution in [3.05, 3.63) is 42.4 Å². The van der Waals surface area contributed by atoms with Crippen molar-refractivity contribution in [3.63, 3.8) is 0 Å². The zero-order valence-electron chi connectivity index (χ0n) is 16.4. The predicted molar refractivity (Wildman–Crippen MR) is 118 cm³/mol. The van der Waals surface area contributed by atoms with E-state index in [9.17, 15) is 4.79 Å².